The number of halogens is 1. The van der Waals surface area contributed by atoms with Crippen molar-refractivity contribution >= 4 is 10.0 Å². The van der Waals surface area contributed by atoms with Gasteiger partial charge in [0.1, 0.15) is 5.82 Å². The third-order valence-electron chi connectivity index (χ3n) is 2.90. The van der Waals surface area contributed by atoms with Gasteiger partial charge in [0.2, 0.25) is 10.0 Å². The van der Waals surface area contributed by atoms with Crippen molar-refractivity contribution in [3.63, 3.8) is 0 Å². The minimum atomic E-state index is -3.78. The Hall–Kier alpha value is -1.83. The van der Waals surface area contributed by atoms with Crippen LogP contribution in [0.25, 0.3) is 0 Å². The maximum atomic E-state index is 13.4. The Bertz CT molecular complexity index is 705. The molecule has 1 aromatic heterocycles. The highest BCUT2D eigenvalue weighted by Gasteiger charge is 2.18. The van der Waals surface area contributed by atoms with Gasteiger partial charge in [0.25, 0.3) is 0 Å². The largest absolute Gasteiger partial charge is 0.316 e. The van der Waals surface area contributed by atoms with Crippen molar-refractivity contribution in [2.45, 2.75) is 18.0 Å². The lowest BCUT2D eigenvalue weighted by molar-refractivity contribution is 0.574. The van der Waals surface area contributed by atoms with Crippen LogP contribution in [-0.4, -0.2) is 20.4 Å². The Kier molecular flexibility index (Phi) is 5.00. The molecule has 0 aliphatic heterocycles. The van der Waals surface area contributed by atoms with Gasteiger partial charge in [-0.15, -0.1) is 0 Å². The minimum Gasteiger partial charge on any atom is -0.316 e. The highest BCUT2D eigenvalue weighted by atomic mass is 32.2. The van der Waals surface area contributed by atoms with Crippen molar-refractivity contribution < 1.29 is 12.8 Å². The molecule has 1 heterocycles. The summed E-state index contributed by atoms with van der Waals surface area (Å²) in [6.07, 6.45) is 3.16. The van der Waals surface area contributed by atoms with Crippen LogP contribution in [0.15, 0.2) is 47.6 Å². The zero-order valence-electron chi connectivity index (χ0n) is 11.5. The summed E-state index contributed by atoms with van der Waals surface area (Å²) >= 11 is 0. The van der Waals surface area contributed by atoms with Gasteiger partial charge >= 0.3 is 0 Å². The van der Waals surface area contributed by atoms with E-state index in [0.29, 0.717) is 12.1 Å². The number of sulfonamides is 1. The van der Waals surface area contributed by atoms with Gasteiger partial charge in [-0.1, -0.05) is 6.07 Å². The van der Waals surface area contributed by atoms with Crippen LogP contribution in [0.3, 0.4) is 0 Å². The SMILES string of the molecule is CNCc1ccc(F)cc1S(=O)(=O)NCc1ccncc1. The first-order valence-corrected chi connectivity index (χ1v) is 7.83. The average molecular weight is 309 g/mol. The fourth-order valence-electron chi connectivity index (χ4n) is 1.87. The Morgan fingerprint density at radius 1 is 1.14 bits per heavy atom. The van der Waals surface area contributed by atoms with Gasteiger partial charge in [-0.05, 0) is 42.4 Å². The van der Waals surface area contributed by atoms with Crippen molar-refractivity contribution in [2.75, 3.05) is 7.05 Å². The third-order valence-corrected chi connectivity index (χ3v) is 4.39. The molecule has 0 saturated heterocycles. The lowest BCUT2D eigenvalue weighted by Gasteiger charge is -2.11. The number of aromatic nitrogens is 1. The fourth-order valence-corrected chi connectivity index (χ4v) is 3.14. The molecule has 2 N–H and O–H groups in total. The van der Waals surface area contributed by atoms with Crippen LogP contribution in [0, 0.1) is 5.82 Å². The summed E-state index contributed by atoms with van der Waals surface area (Å²) in [5.41, 5.74) is 1.29. The molecule has 7 heteroatoms. The van der Waals surface area contributed by atoms with Crippen LogP contribution < -0.4 is 10.0 Å². The normalized spacial score (nSPS) is 11.5. The van der Waals surface area contributed by atoms with E-state index in [0.717, 1.165) is 11.6 Å². The van der Waals surface area contributed by atoms with E-state index in [1.807, 2.05) is 0 Å². The van der Waals surface area contributed by atoms with Gasteiger partial charge in [0.15, 0.2) is 0 Å². The second-order valence-corrected chi connectivity index (χ2v) is 6.20. The quantitative estimate of drug-likeness (QED) is 0.846. The predicted molar refractivity (Wildman–Crippen MR) is 77.4 cm³/mol. The van der Waals surface area contributed by atoms with Crippen molar-refractivity contribution in [1.82, 2.24) is 15.0 Å². The molecular formula is C14H16FN3O2S. The predicted octanol–water partition coefficient (Wildman–Crippen LogP) is 1.42. The van der Waals surface area contributed by atoms with Crippen LogP contribution in [0.2, 0.25) is 0 Å². The first-order valence-electron chi connectivity index (χ1n) is 6.34. The summed E-state index contributed by atoms with van der Waals surface area (Å²) in [6, 6.07) is 7.16. The Morgan fingerprint density at radius 3 is 2.52 bits per heavy atom. The van der Waals surface area contributed by atoms with Crippen LogP contribution in [0.4, 0.5) is 4.39 Å². The van der Waals surface area contributed by atoms with E-state index in [9.17, 15) is 12.8 Å². The van der Waals surface area contributed by atoms with Crippen LogP contribution in [-0.2, 0) is 23.1 Å². The van der Waals surface area contributed by atoms with Gasteiger partial charge in [-0.3, -0.25) is 4.98 Å². The first kappa shape index (κ1) is 15.6. The first-order chi connectivity index (χ1) is 10.0. The number of hydrogen-bond donors (Lipinski definition) is 2. The maximum Gasteiger partial charge on any atom is 0.241 e. The molecular weight excluding hydrogens is 293 g/mol. The second kappa shape index (κ2) is 6.75. The summed E-state index contributed by atoms with van der Waals surface area (Å²) in [5.74, 6) is -0.584. The Balaban J connectivity index is 2.24. The van der Waals surface area contributed by atoms with Crippen molar-refractivity contribution in [1.29, 1.82) is 0 Å². The summed E-state index contributed by atoms with van der Waals surface area (Å²) < 4.78 is 40.5. The topological polar surface area (TPSA) is 71.1 Å². The molecule has 0 radical (unpaired) electrons. The van der Waals surface area contributed by atoms with E-state index < -0.39 is 15.8 Å². The number of benzene rings is 1. The van der Waals surface area contributed by atoms with Crippen LogP contribution >= 0.6 is 0 Å². The molecule has 0 unspecified atom stereocenters. The molecule has 0 fully saturated rings. The average Bonchev–Trinajstić information content (AvgIpc) is 2.48. The Morgan fingerprint density at radius 2 is 1.86 bits per heavy atom. The number of nitrogens with one attached hydrogen (secondary N) is 2. The van der Waals surface area contributed by atoms with Gasteiger partial charge < -0.3 is 5.32 Å². The molecule has 0 atom stereocenters. The standard InChI is InChI=1S/C14H16FN3O2S/c1-16-10-12-2-3-13(15)8-14(12)21(19,20)18-9-11-4-6-17-7-5-11/h2-8,16,18H,9-10H2,1H3. The lowest BCUT2D eigenvalue weighted by Crippen LogP contribution is -2.25. The van der Waals surface area contributed by atoms with E-state index in [2.05, 4.69) is 15.0 Å². The molecule has 0 amide bonds. The highest BCUT2D eigenvalue weighted by molar-refractivity contribution is 7.89. The van der Waals surface area contributed by atoms with Crippen molar-refractivity contribution in [3.05, 3.63) is 59.7 Å². The number of nitrogens with zero attached hydrogens (tertiary/aromatic N) is 1. The highest BCUT2D eigenvalue weighted by Crippen LogP contribution is 2.17. The summed E-state index contributed by atoms with van der Waals surface area (Å²) in [6.45, 7) is 0.464. The minimum absolute atomic E-state index is 0.0501. The van der Waals surface area contributed by atoms with E-state index in [1.165, 1.54) is 12.1 Å². The molecule has 21 heavy (non-hydrogen) atoms. The molecule has 0 aliphatic carbocycles. The van der Waals surface area contributed by atoms with Crippen LogP contribution in [0.1, 0.15) is 11.1 Å². The fraction of sp³-hybridized carbons (Fsp3) is 0.214. The molecule has 112 valence electrons. The second-order valence-electron chi connectivity index (χ2n) is 4.46. The van der Waals surface area contributed by atoms with Crippen molar-refractivity contribution in [3.8, 4) is 0 Å². The number of rotatable bonds is 6. The molecule has 1 aromatic carbocycles. The molecule has 0 saturated carbocycles. The zero-order valence-corrected chi connectivity index (χ0v) is 12.3. The monoisotopic (exact) mass is 309 g/mol. The van der Waals surface area contributed by atoms with Crippen molar-refractivity contribution in [2.24, 2.45) is 0 Å². The van der Waals surface area contributed by atoms with Gasteiger partial charge in [-0.2, -0.15) is 0 Å². The molecule has 0 bridgehead atoms. The summed E-state index contributed by atoms with van der Waals surface area (Å²) in [4.78, 5) is 3.81. The number of pyridine rings is 1. The molecule has 0 aliphatic rings. The molecule has 2 rings (SSSR count). The third kappa shape index (κ3) is 4.07. The summed E-state index contributed by atoms with van der Waals surface area (Å²) in [7, 11) is -2.09. The molecule has 2 aromatic rings. The lowest BCUT2D eigenvalue weighted by atomic mass is 10.2. The van der Waals surface area contributed by atoms with Crippen LogP contribution in [0.5, 0.6) is 0 Å². The van der Waals surface area contributed by atoms with Gasteiger partial charge in [0.05, 0.1) is 4.90 Å². The van der Waals surface area contributed by atoms with E-state index in [4.69, 9.17) is 0 Å². The maximum absolute atomic E-state index is 13.4. The Labute approximate surface area is 123 Å². The zero-order chi connectivity index (χ0) is 15.3. The van der Waals surface area contributed by atoms with E-state index in [1.54, 1.807) is 31.6 Å². The van der Waals surface area contributed by atoms with Gasteiger partial charge in [0, 0.05) is 25.5 Å². The van der Waals surface area contributed by atoms with E-state index >= 15 is 0 Å². The molecule has 5 nitrogen and oxygen atoms in total. The van der Waals surface area contributed by atoms with Gasteiger partial charge in [-0.25, -0.2) is 17.5 Å². The van der Waals surface area contributed by atoms with E-state index in [-0.39, 0.29) is 11.4 Å². The molecule has 0 spiro atoms. The smallest absolute Gasteiger partial charge is 0.241 e. The summed E-state index contributed by atoms with van der Waals surface area (Å²) in [5, 5.41) is 2.87. The number of hydrogen-bond acceptors (Lipinski definition) is 4.